The Morgan fingerprint density at radius 2 is 1.62 bits per heavy atom. The Bertz CT molecular complexity index is 1450. The molecular weight excluding hydrogens is 430 g/mol. The predicted molar refractivity (Wildman–Crippen MR) is 125 cm³/mol. The molecule has 1 saturated carbocycles. The van der Waals surface area contributed by atoms with Gasteiger partial charge in [0, 0.05) is 11.1 Å². The summed E-state index contributed by atoms with van der Waals surface area (Å²) in [4.78, 5) is 0. The quantitative estimate of drug-likeness (QED) is 0.346. The van der Waals surface area contributed by atoms with E-state index in [1.165, 1.54) is 0 Å². The van der Waals surface area contributed by atoms with Gasteiger partial charge in [0.2, 0.25) is 11.8 Å². The summed E-state index contributed by atoms with van der Waals surface area (Å²) < 4.78 is 17.5. The van der Waals surface area contributed by atoms with E-state index in [2.05, 4.69) is 15.4 Å². The molecule has 168 valence electrons. The Labute approximate surface area is 195 Å². The minimum atomic E-state index is -0.530. The molecule has 2 heterocycles. The van der Waals surface area contributed by atoms with Crippen molar-refractivity contribution in [3.05, 3.63) is 90.5 Å². The second kappa shape index (κ2) is 7.88. The third-order valence-corrected chi connectivity index (χ3v) is 6.23. The first-order valence-electron chi connectivity index (χ1n) is 11.0. The van der Waals surface area contributed by atoms with Gasteiger partial charge in [0.25, 0.3) is 0 Å². The predicted octanol–water partition coefficient (Wildman–Crippen LogP) is 5.85. The lowest BCUT2D eigenvalue weighted by molar-refractivity contribution is 0.345. The maximum Gasteiger partial charge on any atom is 0.247 e. The summed E-state index contributed by atoms with van der Waals surface area (Å²) in [5, 5.41) is 22.9. The van der Waals surface area contributed by atoms with E-state index in [0.29, 0.717) is 23.2 Å². The minimum absolute atomic E-state index is 0.198. The number of methoxy groups -OCH3 is 1. The third-order valence-electron chi connectivity index (χ3n) is 6.23. The lowest BCUT2D eigenvalue weighted by atomic mass is 9.92. The molecule has 2 aromatic heterocycles. The van der Waals surface area contributed by atoms with Gasteiger partial charge in [-0.1, -0.05) is 41.6 Å². The number of nitrogens with zero attached hydrogens (tertiary/aromatic N) is 3. The van der Waals surface area contributed by atoms with E-state index in [-0.39, 0.29) is 5.75 Å². The molecule has 1 aliphatic carbocycles. The van der Waals surface area contributed by atoms with Crippen LogP contribution in [0.2, 0.25) is 0 Å². The topological polar surface area (TPSA) is 94.4 Å². The molecule has 6 rings (SSSR count). The van der Waals surface area contributed by atoms with Crippen LogP contribution in [-0.4, -0.2) is 27.6 Å². The van der Waals surface area contributed by atoms with Gasteiger partial charge in [0.05, 0.1) is 12.7 Å². The number of ether oxygens (including phenoxy) is 1. The van der Waals surface area contributed by atoms with Gasteiger partial charge in [0.1, 0.15) is 22.6 Å². The van der Waals surface area contributed by atoms with Gasteiger partial charge in [-0.3, -0.25) is 0 Å². The fourth-order valence-corrected chi connectivity index (χ4v) is 4.26. The summed E-state index contributed by atoms with van der Waals surface area (Å²) in [5.74, 6) is 2.57. The molecule has 0 atom stereocenters. The van der Waals surface area contributed by atoms with E-state index in [0.717, 1.165) is 40.8 Å². The van der Waals surface area contributed by atoms with Crippen molar-refractivity contribution in [2.24, 2.45) is 0 Å². The Hall–Kier alpha value is -4.39. The van der Waals surface area contributed by atoms with Crippen LogP contribution in [0.25, 0.3) is 33.8 Å². The largest absolute Gasteiger partial charge is 0.508 e. The molecule has 0 spiro atoms. The number of benzene rings is 3. The Morgan fingerprint density at radius 3 is 2.35 bits per heavy atom. The molecule has 0 saturated heterocycles. The molecule has 0 radical (unpaired) electrons. The fraction of sp³-hybridized carbons (Fsp3) is 0.148. The van der Waals surface area contributed by atoms with Crippen molar-refractivity contribution in [2.45, 2.75) is 18.3 Å². The molecule has 34 heavy (non-hydrogen) atoms. The van der Waals surface area contributed by atoms with Gasteiger partial charge in [-0.15, -0.1) is 10.2 Å². The summed E-state index contributed by atoms with van der Waals surface area (Å²) in [6, 6.07) is 24.5. The van der Waals surface area contributed by atoms with Crippen LogP contribution in [-0.2, 0) is 5.41 Å². The zero-order valence-corrected chi connectivity index (χ0v) is 18.4. The molecule has 0 aliphatic heterocycles. The van der Waals surface area contributed by atoms with Crippen LogP contribution in [0, 0.1) is 0 Å². The molecule has 7 nitrogen and oxygen atoms in total. The van der Waals surface area contributed by atoms with E-state index >= 15 is 0 Å². The summed E-state index contributed by atoms with van der Waals surface area (Å²) in [7, 11) is 1.62. The van der Waals surface area contributed by atoms with E-state index in [1.54, 1.807) is 19.2 Å². The molecule has 5 aromatic rings. The maximum atomic E-state index is 9.73. The smallest absolute Gasteiger partial charge is 0.247 e. The molecule has 3 aromatic carbocycles. The monoisotopic (exact) mass is 451 g/mol. The number of phenolic OH excluding ortho intramolecular Hbond substituents is 1. The van der Waals surface area contributed by atoms with Crippen LogP contribution in [0.4, 0.5) is 0 Å². The molecule has 1 fully saturated rings. The SMILES string of the molecule is COc1cccc(-c2nnc(C3(c4onc(-c5ccc(O)cc5)c4-c4ccccc4)CC3)o2)c1. The summed E-state index contributed by atoms with van der Waals surface area (Å²) in [6.45, 7) is 0. The van der Waals surface area contributed by atoms with Crippen molar-refractivity contribution in [1.29, 1.82) is 0 Å². The van der Waals surface area contributed by atoms with Crippen LogP contribution in [0.3, 0.4) is 0 Å². The molecule has 0 amide bonds. The van der Waals surface area contributed by atoms with Crippen molar-refractivity contribution in [2.75, 3.05) is 7.11 Å². The van der Waals surface area contributed by atoms with Gasteiger partial charge >= 0.3 is 0 Å². The number of hydrogen-bond donors (Lipinski definition) is 1. The van der Waals surface area contributed by atoms with Crippen LogP contribution in [0.1, 0.15) is 24.5 Å². The minimum Gasteiger partial charge on any atom is -0.508 e. The van der Waals surface area contributed by atoms with Crippen LogP contribution in [0.15, 0.2) is 87.8 Å². The Balaban J connectivity index is 1.46. The fourth-order valence-electron chi connectivity index (χ4n) is 4.26. The standard InChI is InChI=1S/C27H21N3O4/c1-32-21-9-5-8-19(16-21)25-28-29-26(33-25)27(14-15-27)24-22(17-6-3-2-4-7-17)23(30-34-24)18-10-12-20(31)13-11-18/h2-13,16,31H,14-15H2,1H3. The van der Waals surface area contributed by atoms with Crippen LogP contribution < -0.4 is 4.74 Å². The van der Waals surface area contributed by atoms with Gasteiger partial charge in [-0.2, -0.15) is 0 Å². The number of rotatable bonds is 6. The second-order valence-electron chi connectivity index (χ2n) is 8.37. The summed E-state index contributed by atoms with van der Waals surface area (Å²) in [6.07, 6.45) is 1.63. The lowest BCUT2D eigenvalue weighted by Crippen LogP contribution is -2.09. The zero-order valence-electron chi connectivity index (χ0n) is 18.4. The molecule has 7 heteroatoms. The van der Waals surface area contributed by atoms with Gasteiger partial charge in [-0.05, 0) is 60.9 Å². The van der Waals surface area contributed by atoms with E-state index in [9.17, 15) is 5.11 Å². The first-order valence-corrected chi connectivity index (χ1v) is 11.0. The van der Waals surface area contributed by atoms with Crippen molar-refractivity contribution in [3.8, 4) is 45.3 Å². The molecule has 1 aliphatic rings. The average Bonchev–Trinajstić information content (AvgIpc) is 3.32. The normalized spacial score (nSPS) is 14.1. The Kier molecular flexibility index (Phi) is 4.69. The van der Waals surface area contributed by atoms with Gasteiger partial charge in [-0.25, -0.2) is 0 Å². The summed E-state index contributed by atoms with van der Waals surface area (Å²) >= 11 is 0. The van der Waals surface area contributed by atoms with Crippen molar-refractivity contribution in [1.82, 2.24) is 15.4 Å². The van der Waals surface area contributed by atoms with Crippen molar-refractivity contribution in [3.63, 3.8) is 0 Å². The summed E-state index contributed by atoms with van der Waals surface area (Å²) in [5.41, 5.74) is 3.70. The van der Waals surface area contributed by atoms with Gasteiger partial charge < -0.3 is 18.8 Å². The molecular formula is C27H21N3O4. The van der Waals surface area contributed by atoms with Crippen LogP contribution in [0.5, 0.6) is 11.5 Å². The molecule has 1 N–H and O–H groups in total. The van der Waals surface area contributed by atoms with Crippen molar-refractivity contribution >= 4 is 0 Å². The highest BCUT2D eigenvalue weighted by atomic mass is 16.5. The average molecular weight is 451 g/mol. The molecule has 0 unspecified atom stereocenters. The number of aromatic hydroxyl groups is 1. The highest BCUT2D eigenvalue weighted by molar-refractivity contribution is 5.83. The first-order chi connectivity index (χ1) is 16.7. The third kappa shape index (κ3) is 3.33. The van der Waals surface area contributed by atoms with Crippen LogP contribution >= 0.6 is 0 Å². The highest BCUT2D eigenvalue weighted by Gasteiger charge is 2.56. The van der Waals surface area contributed by atoms with Crippen molar-refractivity contribution < 1.29 is 18.8 Å². The van der Waals surface area contributed by atoms with E-state index in [1.807, 2.05) is 66.7 Å². The number of phenols is 1. The second-order valence-corrected chi connectivity index (χ2v) is 8.37. The maximum absolute atomic E-state index is 9.73. The van der Waals surface area contributed by atoms with E-state index < -0.39 is 5.41 Å². The number of hydrogen-bond acceptors (Lipinski definition) is 7. The lowest BCUT2D eigenvalue weighted by Gasteiger charge is -2.10. The zero-order chi connectivity index (χ0) is 23.1. The highest BCUT2D eigenvalue weighted by Crippen LogP contribution is 2.57. The van der Waals surface area contributed by atoms with Gasteiger partial charge in [0.15, 0.2) is 5.76 Å². The first kappa shape index (κ1) is 20.2. The number of aromatic nitrogens is 3. The molecule has 0 bridgehead atoms. The van der Waals surface area contributed by atoms with E-state index in [4.69, 9.17) is 13.7 Å². The Morgan fingerprint density at radius 1 is 0.853 bits per heavy atom.